The number of rotatable bonds is 8. The third kappa shape index (κ3) is 4.95. The second-order valence-electron chi connectivity index (χ2n) is 7.42. The van der Waals surface area contributed by atoms with Gasteiger partial charge in [-0.1, -0.05) is 6.07 Å². The topological polar surface area (TPSA) is 86.7 Å². The molecule has 2 aliphatic rings. The van der Waals surface area contributed by atoms with Gasteiger partial charge in [0.2, 0.25) is 0 Å². The van der Waals surface area contributed by atoms with Crippen molar-refractivity contribution in [3.8, 4) is 5.75 Å². The molecule has 0 fully saturated rings. The molecule has 1 atom stereocenters. The van der Waals surface area contributed by atoms with Crippen LogP contribution >= 0.6 is 0 Å². The van der Waals surface area contributed by atoms with Crippen molar-refractivity contribution in [2.45, 2.75) is 32.5 Å². The van der Waals surface area contributed by atoms with Crippen LogP contribution in [0.1, 0.15) is 35.8 Å². The first-order valence-electron chi connectivity index (χ1n) is 10.3. The summed E-state index contributed by atoms with van der Waals surface area (Å²) >= 11 is 0. The molecule has 0 saturated carbocycles. The smallest absolute Gasteiger partial charge is 0.255 e. The number of carbonyl (C=O) groups excluding carboxylic acids is 1. The number of amides is 1. The lowest BCUT2D eigenvalue weighted by molar-refractivity contribution is 0.0966. The Balaban J connectivity index is 1.35. The summed E-state index contributed by atoms with van der Waals surface area (Å²) in [4.78, 5) is 19.0. The van der Waals surface area contributed by atoms with E-state index in [0.29, 0.717) is 17.9 Å². The first-order valence-corrected chi connectivity index (χ1v) is 10.3. The van der Waals surface area contributed by atoms with Crippen molar-refractivity contribution < 1.29 is 14.6 Å². The highest BCUT2D eigenvalue weighted by atomic mass is 16.5. The zero-order chi connectivity index (χ0) is 21.6. The summed E-state index contributed by atoms with van der Waals surface area (Å²) in [6.45, 7) is 2.59. The van der Waals surface area contributed by atoms with E-state index in [-0.39, 0.29) is 18.7 Å². The van der Waals surface area contributed by atoms with Crippen molar-refractivity contribution in [3.05, 3.63) is 95.4 Å². The lowest BCUT2D eigenvalue weighted by atomic mass is 10.2. The van der Waals surface area contributed by atoms with Gasteiger partial charge in [-0.2, -0.15) is 0 Å². The van der Waals surface area contributed by atoms with Gasteiger partial charge in [0.15, 0.2) is 0 Å². The molecule has 0 aliphatic carbocycles. The second-order valence-corrected chi connectivity index (χ2v) is 7.42. The maximum Gasteiger partial charge on any atom is 0.255 e. The highest BCUT2D eigenvalue weighted by Crippen LogP contribution is 2.27. The van der Waals surface area contributed by atoms with Gasteiger partial charge in [-0.3, -0.25) is 9.78 Å². The summed E-state index contributed by atoms with van der Waals surface area (Å²) in [6.07, 6.45) is 9.14. The first kappa shape index (κ1) is 20.7. The molecular formula is C24H26N4O3. The predicted molar refractivity (Wildman–Crippen MR) is 117 cm³/mol. The Kier molecular flexibility index (Phi) is 6.33. The standard InChI is InChI=1S/C24H26N4O3/c1-17-22(6-4-14-29)27-23-12-9-19(15-28(17)23)26-24(30)18-7-10-21(11-8-18)31-16-20-5-2-3-13-25-20/h2-3,5,7-13,15,23,27,29H,4,6,14,16H2,1H3,(H,26,30). The molecule has 7 nitrogen and oxygen atoms in total. The molecule has 2 aromatic rings. The number of nitrogens with one attached hydrogen (secondary N) is 2. The molecule has 1 amide bonds. The van der Waals surface area contributed by atoms with E-state index in [4.69, 9.17) is 9.84 Å². The number of ether oxygens (including phenoxy) is 1. The van der Waals surface area contributed by atoms with Gasteiger partial charge in [0, 0.05) is 36.0 Å². The number of fused-ring (bicyclic) bond motifs is 1. The third-order valence-electron chi connectivity index (χ3n) is 5.25. The second kappa shape index (κ2) is 9.49. The average Bonchev–Trinajstić information content (AvgIpc) is 3.12. The fourth-order valence-corrected chi connectivity index (χ4v) is 3.55. The zero-order valence-electron chi connectivity index (χ0n) is 17.4. The molecule has 3 heterocycles. The van der Waals surface area contributed by atoms with Crippen LogP contribution in [0.4, 0.5) is 0 Å². The predicted octanol–water partition coefficient (Wildman–Crippen LogP) is 3.04. The number of hydrogen-bond acceptors (Lipinski definition) is 6. The number of aliphatic hydroxyl groups excluding tert-OH is 1. The molecule has 31 heavy (non-hydrogen) atoms. The van der Waals surface area contributed by atoms with E-state index in [2.05, 4.69) is 20.5 Å². The molecule has 3 N–H and O–H groups in total. The Morgan fingerprint density at radius 3 is 2.84 bits per heavy atom. The number of aliphatic hydroxyl groups is 1. The van der Waals surface area contributed by atoms with Gasteiger partial charge in [0.05, 0.1) is 11.4 Å². The zero-order valence-corrected chi connectivity index (χ0v) is 17.4. The summed E-state index contributed by atoms with van der Waals surface area (Å²) in [6, 6.07) is 12.7. The number of carbonyl (C=O) groups is 1. The molecule has 7 heteroatoms. The van der Waals surface area contributed by atoms with Crippen molar-refractivity contribution in [2.24, 2.45) is 0 Å². The number of benzene rings is 1. The molecular weight excluding hydrogens is 392 g/mol. The van der Waals surface area contributed by atoms with Crippen molar-refractivity contribution in [3.63, 3.8) is 0 Å². The maximum atomic E-state index is 12.7. The molecule has 1 unspecified atom stereocenters. The lowest BCUT2D eigenvalue weighted by Crippen LogP contribution is -2.36. The van der Waals surface area contributed by atoms with E-state index in [1.165, 1.54) is 0 Å². The van der Waals surface area contributed by atoms with Crippen LogP contribution in [0.2, 0.25) is 0 Å². The van der Waals surface area contributed by atoms with Crippen molar-refractivity contribution in [2.75, 3.05) is 6.61 Å². The Labute approximate surface area is 181 Å². The number of aromatic nitrogens is 1. The summed E-state index contributed by atoms with van der Waals surface area (Å²) in [5.41, 5.74) is 4.34. The van der Waals surface area contributed by atoms with E-state index >= 15 is 0 Å². The normalized spacial score (nSPS) is 17.2. The highest BCUT2D eigenvalue weighted by Gasteiger charge is 2.27. The van der Waals surface area contributed by atoms with Crippen LogP contribution in [0.3, 0.4) is 0 Å². The van der Waals surface area contributed by atoms with Crippen molar-refractivity contribution in [1.82, 2.24) is 20.5 Å². The molecule has 160 valence electrons. The van der Waals surface area contributed by atoms with Crippen LogP contribution < -0.4 is 15.4 Å². The largest absolute Gasteiger partial charge is 0.487 e. The fourth-order valence-electron chi connectivity index (χ4n) is 3.55. The fraction of sp³-hybridized carbons (Fsp3) is 0.250. The number of nitrogens with zero attached hydrogens (tertiary/aromatic N) is 2. The maximum absolute atomic E-state index is 12.7. The Bertz CT molecular complexity index is 1010. The minimum absolute atomic E-state index is 0.0462. The molecule has 1 aromatic heterocycles. The van der Waals surface area contributed by atoms with Crippen molar-refractivity contribution in [1.29, 1.82) is 0 Å². The van der Waals surface area contributed by atoms with Gasteiger partial charge in [0.25, 0.3) is 5.91 Å². The van der Waals surface area contributed by atoms with Crippen LogP contribution in [-0.2, 0) is 6.61 Å². The van der Waals surface area contributed by atoms with Gasteiger partial charge in [0.1, 0.15) is 18.5 Å². The van der Waals surface area contributed by atoms with Gasteiger partial charge in [-0.15, -0.1) is 0 Å². The van der Waals surface area contributed by atoms with Crippen LogP contribution in [0.25, 0.3) is 0 Å². The van der Waals surface area contributed by atoms with E-state index in [9.17, 15) is 4.79 Å². The van der Waals surface area contributed by atoms with Crippen LogP contribution in [0.15, 0.2) is 84.1 Å². The SMILES string of the molecule is CC1=C(CCCO)NC2C=CC(NC(=O)c3ccc(OCc4ccccn4)cc3)=CN12. The quantitative estimate of drug-likeness (QED) is 0.611. The Morgan fingerprint density at radius 2 is 2.10 bits per heavy atom. The minimum atomic E-state index is -0.181. The third-order valence-corrected chi connectivity index (χ3v) is 5.25. The number of allylic oxidation sites excluding steroid dienone is 3. The monoisotopic (exact) mass is 418 g/mol. The number of pyridine rings is 1. The molecule has 0 saturated heterocycles. The molecule has 2 aliphatic heterocycles. The van der Waals surface area contributed by atoms with Gasteiger partial charge < -0.3 is 25.4 Å². The Morgan fingerprint density at radius 1 is 1.26 bits per heavy atom. The van der Waals surface area contributed by atoms with Crippen LogP contribution in [0, 0.1) is 0 Å². The molecule has 0 radical (unpaired) electrons. The van der Waals surface area contributed by atoms with Gasteiger partial charge in [-0.25, -0.2) is 0 Å². The van der Waals surface area contributed by atoms with E-state index < -0.39 is 0 Å². The molecule has 0 spiro atoms. The van der Waals surface area contributed by atoms with Crippen LogP contribution in [-0.4, -0.2) is 33.7 Å². The van der Waals surface area contributed by atoms with Crippen LogP contribution in [0.5, 0.6) is 5.75 Å². The van der Waals surface area contributed by atoms with E-state index in [1.807, 2.05) is 43.5 Å². The first-order chi connectivity index (χ1) is 15.1. The Hall–Kier alpha value is -3.58. The molecule has 0 bridgehead atoms. The van der Waals surface area contributed by atoms with Gasteiger partial charge in [-0.05, 0) is 68.3 Å². The minimum Gasteiger partial charge on any atom is -0.487 e. The molecule has 1 aromatic carbocycles. The van der Waals surface area contributed by atoms with E-state index in [1.54, 1.807) is 30.5 Å². The lowest BCUT2D eigenvalue weighted by Gasteiger charge is -2.26. The van der Waals surface area contributed by atoms with Crippen molar-refractivity contribution >= 4 is 5.91 Å². The highest BCUT2D eigenvalue weighted by molar-refractivity contribution is 5.95. The summed E-state index contributed by atoms with van der Waals surface area (Å²) < 4.78 is 5.72. The summed E-state index contributed by atoms with van der Waals surface area (Å²) in [5.74, 6) is 0.501. The van der Waals surface area contributed by atoms with Gasteiger partial charge >= 0.3 is 0 Å². The average molecular weight is 418 g/mol. The summed E-state index contributed by atoms with van der Waals surface area (Å²) in [5, 5.41) is 15.5. The summed E-state index contributed by atoms with van der Waals surface area (Å²) in [7, 11) is 0. The van der Waals surface area contributed by atoms with E-state index in [0.717, 1.165) is 35.6 Å². The molecule has 4 rings (SSSR count). The number of hydrogen-bond donors (Lipinski definition) is 3.